The Morgan fingerprint density at radius 3 is 2.50 bits per heavy atom. The summed E-state index contributed by atoms with van der Waals surface area (Å²) in [7, 11) is -3.18. The van der Waals surface area contributed by atoms with Crippen molar-refractivity contribution in [1.29, 1.82) is 0 Å². The van der Waals surface area contributed by atoms with Crippen LogP contribution in [0.1, 0.15) is 37.7 Å². The molecule has 20 heavy (non-hydrogen) atoms. The van der Waals surface area contributed by atoms with Crippen LogP contribution in [0.3, 0.4) is 0 Å². The fraction of sp³-hybridized carbons (Fsp3) is 0.643. The highest BCUT2D eigenvalue weighted by Crippen LogP contribution is 2.21. The predicted octanol–water partition coefficient (Wildman–Crippen LogP) is 1.90. The van der Waals surface area contributed by atoms with E-state index >= 15 is 0 Å². The van der Waals surface area contributed by atoms with Crippen molar-refractivity contribution in [2.45, 2.75) is 38.6 Å². The number of anilines is 1. The van der Waals surface area contributed by atoms with Gasteiger partial charge in [0.15, 0.2) is 0 Å². The van der Waals surface area contributed by atoms with Crippen molar-refractivity contribution in [1.82, 2.24) is 9.71 Å². The van der Waals surface area contributed by atoms with Crippen LogP contribution in [0.15, 0.2) is 18.3 Å². The summed E-state index contributed by atoms with van der Waals surface area (Å²) in [5.41, 5.74) is 0.943. The van der Waals surface area contributed by atoms with Crippen LogP contribution in [0.4, 0.5) is 5.82 Å². The van der Waals surface area contributed by atoms with Gasteiger partial charge in [0.25, 0.3) is 0 Å². The Bertz CT molecular complexity index is 523. The van der Waals surface area contributed by atoms with Crippen LogP contribution in [0, 0.1) is 0 Å². The van der Waals surface area contributed by atoms with E-state index < -0.39 is 10.0 Å². The largest absolute Gasteiger partial charge is 0.356 e. The highest BCUT2D eigenvalue weighted by atomic mass is 32.2. The lowest BCUT2D eigenvalue weighted by atomic mass is 10.1. The van der Waals surface area contributed by atoms with E-state index in [1.807, 2.05) is 12.1 Å². The zero-order valence-electron chi connectivity index (χ0n) is 12.0. The molecule has 0 spiro atoms. The average Bonchev–Trinajstić information content (AvgIpc) is 2.36. The van der Waals surface area contributed by atoms with E-state index in [0.717, 1.165) is 24.5 Å². The fourth-order valence-corrected chi connectivity index (χ4v) is 2.94. The minimum absolute atomic E-state index is 0.304. The molecule has 1 aliphatic rings. The summed E-state index contributed by atoms with van der Waals surface area (Å²) in [5.74, 6) is 0.922. The average molecular weight is 297 g/mol. The highest BCUT2D eigenvalue weighted by Gasteiger charge is 2.14. The molecule has 0 unspecified atom stereocenters. The van der Waals surface area contributed by atoms with Crippen LogP contribution in [-0.2, 0) is 16.6 Å². The summed E-state index contributed by atoms with van der Waals surface area (Å²) < 4.78 is 25.0. The SMILES string of the molecule is CS(=O)(=O)NCc1cccnc1N1CCCCCCC1. The number of sulfonamides is 1. The van der Waals surface area contributed by atoms with Gasteiger partial charge in [0.2, 0.25) is 10.0 Å². The van der Waals surface area contributed by atoms with E-state index in [2.05, 4.69) is 14.6 Å². The molecule has 2 rings (SSSR count). The molecule has 0 aromatic carbocycles. The van der Waals surface area contributed by atoms with Gasteiger partial charge < -0.3 is 4.90 Å². The van der Waals surface area contributed by atoms with Crippen LogP contribution in [0.2, 0.25) is 0 Å². The molecule has 1 fully saturated rings. The lowest BCUT2D eigenvalue weighted by Gasteiger charge is -2.27. The Balaban J connectivity index is 2.13. The van der Waals surface area contributed by atoms with E-state index in [0.29, 0.717) is 6.54 Å². The molecule has 1 N–H and O–H groups in total. The number of pyridine rings is 1. The van der Waals surface area contributed by atoms with E-state index in [1.165, 1.54) is 38.4 Å². The molecule has 1 saturated heterocycles. The topological polar surface area (TPSA) is 62.3 Å². The van der Waals surface area contributed by atoms with Gasteiger partial charge in [0, 0.05) is 31.4 Å². The lowest BCUT2D eigenvalue weighted by Crippen LogP contribution is -2.30. The Kier molecular flexibility index (Phi) is 5.37. The Morgan fingerprint density at radius 2 is 1.85 bits per heavy atom. The second-order valence-electron chi connectivity index (χ2n) is 5.33. The maximum Gasteiger partial charge on any atom is 0.209 e. The third kappa shape index (κ3) is 4.76. The first-order valence-corrected chi connectivity index (χ1v) is 9.09. The molecular weight excluding hydrogens is 274 g/mol. The van der Waals surface area contributed by atoms with Gasteiger partial charge in [-0.1, -0.05) is 25.3 Å². The Morgan fingerprint density at radius 1 is 1.20 bits per heavy atom. The third-order valence-corrected chi connectivity index (χ3v) is 4.22. The van der Waals surface area contributed by atoms with Gasteiger partial charge in [0.05, 0.1) is 6.26 Å². The van der Waals surface area contributed by atoms with Crippen LogP contribution in [-0.4, -0.2) is 32.7 Å². The van der Waals surface area contributed by atoms with Gasteiger partial charge in [-0.15, -0.1) is 0 Å². The first-order valence-electron chi connectivity index (χ1n) is 7.20. The van der Waals surface area contributed by atoms with Crippen molar-refractivity contribution in [2.24, 2.45) is 0 Å². The van der Waals surface area contributed by atoms with Gasteiger partial charge in [-0.25, -0.2) is 18.1 Å². The molecule has 1 aromatic rings. The molecule has 0 saturated carbocycles. The Labute approximate surface area is 121 Å². The summed E-state index contributed by atoms with van der Waals surface area (Å²) in [6, 6.07) is 3.80. The first-order chi connectivity index (χ1) is 9.56. The van der Waals surface area contributed by atoms with Gasteiger partial charge in [-0.3, -0.25) is 0 Å². The highest BCUT2D eigenvalue weighted by molar-refractivity contribution is 7.88. The normalized spacial score (nSPS) is 17.6. The van der Waals surface area contributed by atoms with Crippen LogP contribution >= 0.6 is 0 Å². The zero-order valence-corrected chi connectivity index (χ0v) is 12.8. The molecule has 0 bridgehead atoms. The second-order valence-corrected chi connectivity index (χ2v) is 7.17. The van der Waals surface area contributed by atoms with Crippen molar-refractivity contribution in [3.05, 3.63) is 23.9 Å². The van der Waals surface area contributed by atoms with E-state index in [-0.39, 0.29) is 0 Å². The number of nitrogens with one attached hydrogen (secondary N) is 1. The van der Waals surface area contributed by atoms with E-state index in [4.69, 9.17) is 0 Å². The Hall–Kier alpha value is -1.14. The molecule has 0 amide bonds. The molecule has 1 aliphatic heterocycles. The maximum absolute atomic E-state index is 11.2. The first kappa shape index (κ1) is 15.3. The monoisotopic (exact) mass is 297 g/mol. The van der Waals surface area contributed by atoms with Crippen molar-refractivity contribution in [3.63, 3.8) is 0 Å². The van der Waals surface area contributed by atoms with Gasteiger partial charge in [0.1, 0.15) is 5.82 Å². The second kappa shape index (κ2) is 7.04. The summed E-state index contributed by atoms with van der Waals surface area (Å²) >= 11 is 0. The maximum atomic E-state index is 11.2. The third-order valence-electron chi connectivity index (χ3n) is 3.55. The van der Waals surface area contributed by atoms with Gasteiger partial charge in [-0.2, -0.15) is 0 Å². The van der Waals surface area contributed by atoms with Crippen LogP contribution < -0.4 is 9.62 Å². The number of aromatic nitrogens is 1. The minimum Gasteiger partial charge on any atom is -0.356 e. The lowest BCUT2D eigenvalue weighted by molar-refractivity contribution is 0.552. The number of hydrogen-bond donors (Lipinski definition) is 1. The molecule has 2 heterocycles. The zero-order chi connectivity index (χ0) is 14.4. The number of hydrogen-bond acceptors (Lipinski definition) is 4. The fourth-order valence-electron chi connectivity index (χ4n) is 2.52. The molecule has 5 nitrogen and oxygen atoms in total. The van der Waals surface area contributed by atoms with Crippen molar-refractivity contribution in [2.75, 3.05) is 24.2 Å². The van der Waals surface area contributed by atoms with E-state index in [1.54, 1.807) is 6.20 Å². The minimum atomic E-state index is -3.18. The van der Waals surface area contributed by atoms with Crippen LogP contribution in [0.5, 0.6) is 0 Å². The quantitative estimate of drug-likeness (QED) is 0.922. The van der Waals surface area contributed by atoms with Crippen molar-refractivity contribution >= 4 is 15.8 Å². The molecule has 112 valence electrons. The summed E-state index contributed by atoms with van der Waals surface area (Å²) in [6.45, 7) is 2.31. The van der Waals surface area contributed by atoms with Crippen molar-refractivity contribution < 1.29 is 8.42 Å². The molecular formula is C14H23N3O2S. The number of nitrogens with zero attached hydrogens (tertiary/aromatic N) is 2. The van der Waals surface area contributed by atoms with E-state index in [9.17, 15) is 8.42 Å². The molecule has 6 heteroatoms. The van der Waals surface area contributed by atoms with Crippen molar-refractivity contribution in [3.8, 4) is 0 Å². The van der Waals surface area contributed by atoms with Gasteiger partial charge in [-0.05, 0) is 18.9 Å². The molecule has 0 aliphatic carbocycles. The number of rotatable bonds is 4. The predicted molar refractivity (Wildman–Crippen MR) is 81.2 cm³/mol. The molecule has 0 atom stereocenters. The molecule has 0 radical (unpaired) electrons. The standard InChI is InChI=1S/C14H23N3O2S/c1-20(18,19)16-12-13-8-7-9-15-14(13)17-10-5-3-2-4-6-11-17/h7-9,16H,2-6,10-12H2,1H3. The van der Waals surface area contributed by atoms with Gasteiger partial charge >= 0.3 is 0 Å². The van der Waals surface area contributed by atoms with Crippen LogP contribution in [0.25, 0.3) is 0 Å². The smallest absolute Gasteiger partial charge is 0.209 e. The summed E-state index contributed by atoms with van der Waals surface area (Å²) in [5, 5.41) is 0. The molecule has 1 aromatic heterocycles. The summed E-state index contributed by atoms with van der Waals surface area (Å²) in [6.07, 6.45) is 9.15. The summed E-state index contributed by atoms with van der Waals surface area (Å²) in [4.78, 5) is 6.76.